The summed E-state index contributed by atoms with van der Waals surface area (Å²) in [4.78, 5) is 12.5. The number of amides is 1. The second kappa shape index (κ2) is 8.79. The molecule has 0 heterocycles. The van der Waals surface area contributed by atoms with Crippen molar-refractivity contribution in [2.45, 2.75) is 18.4 Å². The molecular weight excluding hydrogens is 390 g/mol. The predicted octanol–water partition coefficient (Wildman–Crippen LogP) is 4.02. The molecule has 0 atom stereocenters. The number of anilines is 1. The molecule has 0 saturated carbocycles. The van der Waals surface area contributed by atoms with Gasteiger partial charge in [-0.2, -0.15) is 0 Å². The molecule has 6 nitrogen and oxygen atoms in total. The fourth-order valence-corrected chi connectivity index (χ4v) is 3.52. The van der Waals surface area contributed by atoms with Crippen molar-refractivity contribution >= 4 is 21.4 Å². The first-order valence-corrected chi connectivity index (χ1v) is 10.7. The van der Waals surface area contributed by atoms with Crippen LogP contribution in [-0.2, 0) is 16.4 Å². The lowest BCUT2D eigenvalue weighted by molar-refractivity contribution is 0.102. The second-order valence-corrected chi connectivity index (χ2v) is 8.61. The zero-order valence-electron chi connectivity index (χ0n) is 15.8. The van der Waals surface area contributed by atoms with Gasteiger partial charge in [-0.25, -0.2) is 8.42 Å². The number of hydrogen-bond donors (Lipinski definition) is 2. The van der Waals surface area contributed by atoms with Crippen LogP contribution in [0, 0.1) is 0 Å². The van der Waals surface area contributed by atoms with Gasteiger partial charge in [-0.05, 0) is 48.0 Å². The third-order valence-electron chi connectivity index (χ3n) is 4.32. The van der Waals surface area contributed by atoms with Gasteiger partial charge in [0.25, 0.3) is 5.91 Å². The largest absolute Gasteiger partial charge is 0.506 e. The highest BCUT2D eigenvalue weighted by atomic mass is 32.2. The van der Waals surface area contributed by atoms with Gasteiger partial charge >= 0.3 is 0 Å². The van der Waals surface area contributed by atoms with E-state index < -0.39 is 15.7 Å². The Labute approximate surface area is 169 Å². The highest BCUT2D eigenvalue weighted by molar-refractivity contribution is 7.91. The van der Waals surface area contributed by atoms with Crippen LogP contribution in [0.4, 0.5) is 5.69 Å². The number of carbonyl (C=O) groups excluding carboxylic acids is 1. The van der Waals surface area contributed by atoms with E-state index in [2.05, 4.69) is 5.32 Å². The maximum Gasteiger partial charge on any atom is 0.255 e. The molecule has 1 amide bonds. The molecule has 0 unspecified atom stereocenters. The Balaban J connectivity index is 1.69. The Morgan fingerprint density at radius 1 is 1.00 bits per heavy atom. The Morgan fingerprint density at radius 3 is 2.34 bits per heavy atom. The van der Waals surface area contributed by atoms with E-state index in [4.69, 9.17) is 4.74 Å². The Kier molecular flexibility index (Phi) is 6.19. The number of rotatable bonds is 7. The fraction of sp³-hybridized carbons (Fsp3) is 0.136. The van der Waals surface area contributed by atoms with Crippen molar-refractivity contribution in [1.29, 1.82) is 0 Å². The summed E-state index contributed by atoms with van der Waals surface area (Å²) in [6, 6.07) is 20.1. The van der Waals surface area contributed by atoms with Crippen molar-refractivity contribution < 1.29 is 23.1 Å². The van der Waals surface area contributed by atoms with Crippen LogP contribution in [0.25, 0.3) is 0 Å². The first kappa shape index (κ1) is 20.4. The monoisotopic (exact) mass is 411 g/mol. The number of phenolic OH excluding ortho intramolecular Hbond substituents is 1. The highest BCUT2D eigenvalue weighted by Gasteiger charge is 2.16. The summed E-state index contributed by atoms with van der Waals surface area (Å²) in [6.07, 6.45) is 0. The van der Waals surface area contributed by atoms with Crippen molar-refractivity contribution in [2.75, 3.05) is 11.1 Å². The first-order valence-electron chi connectivity index (χ1n) is 9.03. The summed E-state index contributed by atoms with van der Waals surface area (Å²) in [5.41, 5.74) is 1.42. The van der Waals surface area contributed by atoms with Crippen LogP contribution in [0.3, 0.4) is 0 Å². The van der Waals surface area contributed by atoms with Crippen LogP contribution in [0.5, 0.6) is 11.5 Å². The average Bonchev–Trinajstić information content (AvgIpc) is 2.74. The number of aromatic hydroxyl groups is 1. The summed E-state index contributed by atoms with van der Waals surface area (Å²) in [5.74, 6) is -0.142. The number of carbonyl (C=O) groups is 1. The minimum Gasteiger partial charge on any atom is -0.506 e. The lowest BCUT2D eigenvalue weighted by Gasteiger charge is -2.10. The molecule has 3 aromatic carbocycles. The van der Waals surface area contributed by atoms with Gasteiger partial charge in [-0.1, -0.05) is 37.3 Å². The van der Waals surface area contributed by atoms with E-state index in [1.165, 1.54) is 25.1 Å². The van der Waals surface area contributed by atoms with Crippen molar-refractivity contribution in [3.8, 4) is 11.5 Å². The molecule has 0 fully saturated rings. The van der Waals surface area contributed by atoms with Gasteiger partial charge in [-0.15, -0.1) is 0 Å². The first-order chi connectivity index (χ1) is 13.9. The van der Waals surface area contributed by atoms with Gasteiger partial charge < -0.3 is 15.2 Å². The molecule has 0 aliphatic rings. The molecule has 0 aliphatic heterocycles. The maximum absolute atomic E-state index is 12.5. The van der Waals surface area contributed by atoms with E-state index in [0.717, 1.165) is 5.56 Å². The van der Waals surface area contributed by atoms with Gasteiger partial charge in [0, 0.05) is 5.56 Å². The third-order valence-corrected chi connectivity index (χ3v) is 6.05. The summed E-state index contributed by atoms with van der Waals surface area (Å²) in [5, 5.41) is 12.5. The van der Waals surface area contributed by atoms with Crippen LogP contribution < -0.4 is 10.1 Å². The molecule has 29 heavy (non-hydrogen) atoms. The van der Waals surface area contributed by atoms with Crippen molar-refractivity contribution in [2.24, 2.45) is 0 Å². The van der Waals surface area contributed by atoms with Crippen molar-refractivity contribution in [3.05, 3.63) is 83.9 Å². The zero-order chi connectivity index (χ0) is 20.9. The van der Waals surface area contributed by atoms with E-state index in [9.17, 15) is 18.3 Å². The van der Waals surface area contributed by atoms with Crippen molar-refractivity contribution in [3.63, 3.8) is 0 Å². The van der Waals surface area contributed by atoms with E-state index in [0.29, 0.717) is 17.9 Å². The molecule has 0 radical (unpaired) electrons. The number of ether oxygens (including phenoxy) is 1. The zero-order valence-corrected chi connectivity index (χ0v) is 16.6. The molecule has 3 rings (SSSR count). The number of benzene rings is 3. The smallest absolute Gasteiger partial charge is 0.255 e. The lowest BCUT2D eigenvalue weighted by Crippen LogP contribution is -2.13. The molecule has 0 bridgehead atoms. The molecule has 3 aromatic rings. The number of nitrogens with one attached hydrogen (secondary N) is 1. The SMILES string of the molecule is CCS(=O)(=O)c1ccc(O)c(NC(=O)c2ccc(OCc3ccccc3)cc2)c1. The molecule has 0 aromatic heterocycles. The van der Waals surface area contributed by atoms with Crippen LogP contribution in [-0.4, -0.2) is 25.2 Å². The summed E-state index contributed by atoms with van der Waals surface area (Å²) in [7, 11) is -3.45. The molecule has 150 valence electrons. The maximum atomic E-state index is 12.5. The van der Waals surface area contributed by atoms with E-state index in [1.807, 2.05) is 30.3 Å². The molecule has 0 aliphatic carbocycles. The van der Waals surface area contributed by atoms with Crippen molar-refractivity contribution in [1.82, 2.24) is 0 Å². The lowest BCUT2D eigenvalue weighted by atomic mass is 10.2. The molecular formula is C22H21NO5S. The second-order valence-electron chi connectivity index (χ2n) is 6.34. The van der Waals surface area contributed by atoms with Gasteiger partial charge in [0.1, 0.15) is 18.1 Å². The van der Waals surface area contributed by atoms with E-state index in [1.54, 1.807) is 24.3 Å². The molecule has 2 N–H and O–H groups in total. The summed E-state index contributed by atoms with van der Waals surface area (Å²) >= 11 is 0. The third kappa shape index (κ3) is 5.14. The quantitative estimate of drug-likeness (QED) is 0.573. The molecule has 0 saturated heterocycles. The normalized spacial score (nSPS) is 11.1. The highest BCUT2D eigenvalue weighted by Crippen LogP contribution is 2.27. The minimum atomic E-state index is -3.45. The van der Waals surface area contributed by atoms with Crippen LogP contribution in [0.1, 0.15) is 22.8 Å². The average molecular weight is 411 g/mol. The predicted molar refractivity (Wildman–Crippen MR) is 111 cm³/mol. The fourth-order valence-electron chi connectivity index (χ4n) is 2.61. The van der Waals surface area contributed by atoms with E-state index in [-0.39, 0.29) is 22.1 Å². The minimum absolute atomic E-state index is 0.0360. The Bertz CT molecular complexity index is 1090. The molecule has 7 heteroatoms. The topological polar surface area (TPSA) is 92.7 Å². The number of sulfone groups is 1. The number of phenols is 1. The van der Waals surface area contributed by atoms with Crippen LogP contribution >= 0.6 is 0 Å². The van der Waals surface area contributed by atoms with Gasteiger partial charge in [0.05, 0.1) is 16.3 Å². The van der Waals surface area contributed by atoms with Crippen LogP contribution in [0.2, 0.25) is 0 Å². The molecule has 0 spiro atoms. The summed E-state index contributed by atoms with van der Waals surface area (Å²) in [6.45, 7) is 1.95. The van der Waals surface area contributed by atoms with E-state index >= 15 is 0 Å². The number of hydrogen-bond acceptors (Lipinski definition) is 5. The van der Waals surface area contributed by atoms with Gasteiger partial charge in [0.15, 0.2) is 9.84 Å². The van der Waals surface area contributed by atoms with Crippen LogP contribution in [0.15, 0.2) is 77.7 Å². The Morgan fingerprint density at radius 2 is 1.69 bits per heavy atom. The van der Waals surface area contributed by atoms with Gasteiger partial charge in [0.2, 0.25) is 0 Å². The Hall–Kier alpha value is -3.32. The standard InChI is InChI=1S/C22H21NO5S/c1-2-29(26,27)19-12-13-21(24)20(14-19)23-22(25)17-8-10-18(11-9-17)28-15-16-6-4-3-5-7-16/h3-14,24H,2,15H2,1H3,(H,23,25). The van der Waals surface area contributed by atoms with Gasteiger partial charge in [-0.3, -0.25) is 4.79 Å². The summed E-state index contributed by atoms with van der Waals surface area (Å²) < 4.78 is 29.7.